The van der Waals surface area contributed by atoms with Gasteiger partial charge in [0.2, 0.25) is 0 Å². The minimum Gasteiger partial charge on any atom is -0.330 e. The van der Waals surface area contributed by atoms with Gasteiger partial charge in [-0.15, -0.1) is 15.0 Å². The third kappa shape index (κ3) is 2.28. The summed E-state index contributed by atoms with van der Waals surface area (Å²) in [5.74, 6) is 0.662. The number of tetrazole rings is 1. The van der Waals surface area contributed by atoms with Crippen LogP contribution in [0.2, 0.25) is 0 Å². The van der Waals surface area contributed by atoms with E-state index in [0.29, 0.717) is 18.8 Å². The number of benzene rings is 1. The van der Waals surface area contributed by atoms with Crippen LogP contribution in [0.3, 0.4) is 0 Å². The maximum Gasteiger partial charge on any atom is 0.176 e. The molecule has 1 heterocycles. The van der Waals surface area contributed by atoms with Crippen molar-refractivity contribution in [3.05, 3.63) is 34.1 Å². The predicted octanol–water partition coefficient (Wildman–Crippen LogP) is 1.23. The molecule has 0 unspecified atom stereocenters. The molecule has 2 N–H and O–H groups in total. The van der Waals surface area contributed by atoms with Gasteiger partial charge in [0.05, 0.1) is 0 Å². The van der Waals surface area contributed by atoms with Crippen LogP contribution in [0, 0.1) is 6.92 Å². The largest absolute Gasteiger partial charge is 0.330 e. The van der Waals surface area contributed by atoms with Crippen LogP contribution in [0.4, 0.5) is 0 Å². The normalized spacial score (nSPS) is 10.7. The molecule has 0 saturated carbocycles. The molecule has 0 saturated heterocycles. The molecule has 0 aliphatic carbocycles. The van der Waals surface area contributed by atoms with Crippen molar-refractivity contribution in [3.8, 4) is 5.69 Å². The second kappa shape index (κ2) is 4.71. The first-order valence-corrected chi connectivity index (χ1v) is 5.75. The van der Waals surface area contributed by atoms with E-state index in [2.05, 4.69) is 31.3 Å². The lowest BCUT2D eigenvalue weighted by Gasteiger charge is -2.02. The van der Waals surface area contributed by atoms with E-state index in [1.54, 1.807) is 0 Å². The third-order valence-electron chi connectivity index (χ3n) is 2.14. The fourth-order valence-electron chi connectivity index (χ4n) is 1.35. The molecule has 1 aromatic heterocycles. The second-order valence-corrected chi connectivity index (χ2v) is 4.34. The minimum absolute atomic E-state index is 0.529. The van der Waals surface area contributed by atoms with Gasteiger partial charge in [-0.25, -0.2) is 0 Å². The molecule has 2 rings (SSSR count). The molecule has 5 nitrogen and oxygen atoms in total. The van der Waals surface area contributed by atoms with Crippen molar-refractivity contribution in [1.29, 1.82) is 0 Å². The predicted molar refractivity (Wildman–Crippen MR) is 64.3 cm³/mol. The van der Waals surface area contributed by atoms with Gasteiger partial charge in [0.1, 0.15) is 5.69 Å². The van der Waals surface area contributed by atoms with Gasteiger partial charge >= 0.3 is 0 Å². The lowest BCUT2D eigenvalue weighted by atomic mass is 10.2. The number of aryl methyl sites for hydroxylation is 1. The van der Waals surface area contributed by atoms with Crippen LogP contribution in [0.5, 0.6) is 0 Å². The molecule has 0 radical (unpaired) electrons. The monoisotopic (exact) mass is 281 g/mol. The Bertz CT molecular complexity index is 494. The zero-order valence-electron chi connectivity index (χ0n) is 8.89. The van der Waals surface area contributed by atoms with Crippen molar-refractivity contribution in [2.45, 2.75) is 13.3 Å². The highest BCUT2D eigenvalue weighted by molar-refractivity contribution is 9.10. The Morgan fingerprint density at radius 2 is 2.25 bits per heavy atom. The summed E-state index contributed by atoms with van der Waals surface area (Å²) in [5.41, 5.74) is 7.49. The van der Waals surface area contributed by atoms with Crippen molar-refractivity contribution < 1.29 is 0 Å². The molecule has 16 heavy (non-hydrogen) atoms. The highest BCUT2D eigenvalue weighted by Crippen LogP contribution is 2.20. The molecule has 2 aromatic rings. The number of hydrogen-bond acceptors (Lipinski definition) is 4. The zero-order chi connectivity index (χ0) is 11.5. The Kier molecular flexibility index (Phi) is 3.31. The van der Waals surface area contributed by atoms with Crippen LogP contribution >= 0.6 is 15.9 Å². The Morgan fingerprint density at radius 1 is 1.44 bits per heavy atom. The van der Waals surface area contributed by atoms with Crippen molar-refractivity contribution in [2.24, 2.45) is 5.73 Å². The van der Waals surface area contributed by atoms with Crippen LogP contribution in [-0.2, 0) is 6.42 Å². The second-order valence-electron chi connectivity index (χ2n) is 3.49. The molecule has 0 aliphatic rings. The van der Waals surface area contributed by atoms with Crippen molar-refractivity contribution in [1.82, 2.24) is 20.2 Å². The fraction of sp³-hybridized carbons (Fsp3) is 0.300. The number of nitrogens with zero attached hydrogens (tertiary/aromatic N) is 4. The highest BCUT2D eigenvalue weighted by Gasteiger charge is 2.07. The molecule has 0 aliphatic heterocycles. The van der Waals surface area contributed by atoms with E-state index in [1.165, 1.54) is 10.4 Å². The van der Waals surface area contributed by atoms with Gasteiger partial charge in [-0.3, -0.25) is 0 Å². The summed E-state index contributed by atoms with van der Waals surface area (Å²) < 4.78 is 0.948. The molecular weight excluding hydrogens is 270 g/mol. The average molecular weight is 282 g/mol. The smallest absolute Gasteiger partial charge is 0.176 e. The summed E-state index contributed by atoms with van der Waals surface area (Å²) in [6.45, 7) is 2.56. The van der Waals surface area contributed by atoms with Crippen molar-refractivity contribution >= 4 is 15.9 Å². The average Bonchev–Trinajstić information content (AvgIpc) is 2.67. The highest BCUT2D eigenvalue weighted by atomic mass is 79.9. The molecule has 0 bridgehead atoms. The topological polar surface area (TPSA) is 69.6 Å². The molecule has 0 fully saturated rings. The Morgan fingerprint density at radius 3 is 2.94 bits per heavy atom. The van der Waals surface area contributed by atoms with Gasteiger partial charge in [0, 0.05) is 10.9 Å². The van der Waals surface area contributed by atoms with Crippen molar-refractivity contribution in [2.75, 3.05) is 6.54 Å². The molecular formula is C10H12BrN5. The standard InChI is InChI=1S/C10H12BrN5/c1-7-2-3-9(8(11)6-7)16-14-10(4-5-12)13-15-16/h2-3,6H,4-5,12H2,1H3. The minimum atomic E-state index is 0.529. The number of halogens is 1. The van der Waals surface area contributed by atoms with E-state index in [1.807, 2.05) is 25.1 Å². The van der Waals surface area contributed by atoms with Gasteiger partial charge in [-0.1, -0.05) is 6.07 Å². The Balaban J connectivity index is 2.35. The van der Waals surface area contributed by atoms with Crippen LogP contribution in [0.25, 0.3) is 5.69 Å². The van der Waals surface area contributed by atoms with E-state index in [9.17, 15) is 0 Å². The van der Waals surface area contributed by atoms with E-state index in [0.717, 1.165) is 10.2 Å². The zero-order valence-corrected chi connectivity index (χ0v) is 10.5. The first-order chi connectivity index (χ1) is 7.70. The van der Waals surface area contributed by atoms with Crippen LogP contribution < -0.4 is 5.73 Å². The molecule has 0 spiro atoms. The number of nitrogens with two attached hydrogens (primary N) is 1. The summed E-state index contributed by atoms with van der Waals surface area (Å²) in [7, 11) is 0. The maximum atomic E-state index is 5.43. The number of hydrogen-bond donors (Lipinski definition) is 1. The summed E-state index contributed by atoms with van der Waals surface area (Å²) in [4.78, 5) is 1.51. The van der Waals surface area contributed by atoms with Gasteiger partial charge in [-0.05, 0) is 52.3 Å². The number of aromatic nitrogens is 4. The van der Waals surface area contributed by atoms with E-state index < -0.39 is 0 Å². The van der Waals surface area contributed by atoms with E-state index in [4.69, 9.17) is 5.73 Å². The fourth-order valence-corrected chi connectivity index (χ4v) is 2.00. The van der Waals surface area contributed by atoms with E-state index >= 15 is 0 Å². The van der Waals surface area contributed by atoms with Crippen molar-refractivity contribution in [3.63, 3.8) is 0 Å². The number of rotatable bonds is 3. The third-order valence-corrected chi connectivity index (χ3v) is 2.78. The Labute approximate surface area is 102 Å². The Hall–Kier alpha value is -1.27. The summed E-state index contributed by atoms with van der Waals surface area (Å²) >= 11 is 3.48. The van der Waals surface area contributed by atoms with Crippen LogP contribution in [0.1, 0.15) is 11.4 Å². The summed E-state index contributed by atoms with van der Waals surface area (Å²) in [6.07, 6.45) is 0.642. The quantitative estimate of drug-likeness (QED) is 0.919. The van der Waals surface area contributed by atoms with Gasteiger partial charge in [-0.2, -0.15) is 0 Å². The van der Waals surface area contributed by atoms with E-state index in [-0.39, 0.29) is 0 Å². The summed E-state index contributed by atoms with van der Waals surface area (Å²) in [6, 6.07) is 5.97. The molecule has 0 amide bonds. The molecule has 0 atom stereocenters. The molecule has 1 aromatic carbocycles. The lowest BCUT2D eigenvalue weighted by Crippen LogP contribution is -2.05. The van der Waals surface area contributed by atoms with Crippen LogP contribution in [-0.4, -0.2) is 26.8 Å². The summed E-state index contributed by atoms with van der Waals surface area (Å²) in [5, 5.41) is 12.2. The van der Waals surface area contributed by atoms with Gasteiger partial charge in [0.25, 0.3) is 0 Å². The maximum absolute atomic E-state index is 5.43. The van der Waals surface area contributed by atoms with Gasteiger partial charge < -0.3 is 5.73 Å². The first kappa shape index (κ1) is 11.2. The SMILES string of the molecule is Cc1ccc(-n2nnc(CCN)n2)c(Br)c1. The lowest BCUT2D eigenvalue weighted by molar-refractivity contribution is 0.714. The van der Waals surface area contributed by atoms with Crippen LogP contribution in [0.15, 0.2) is 22.7 Å². The molecule has 6 heteroatoms. The molecule has 84 valence electrons. The first-order valence-electron chi connectivity index (χ1n) is 4.96. The van der Waals surface area contributed by atoms with Gasteiger partial charge in [0.15, 0.2) is 5.82 Å².